The summed E-state index contributed by atoms with van der Waals surface area (Å²) in [6, 6.07) is 17.5. The Labute approximate surface area is 255 Å². The van der Waals surface area contributed by atoms with Gasteiger partial charge in [-0.2, -0.15) is 0 Å². The molecule has 226 valence electrons. The fourth-order valence-corrected chi connectivity index (χ4v) is 5.33. The number of rotatable bonds is 8. The highest BCUT2D eigenvalue weighted by molar-refractivity contribution is 7.80. The number of piperidine rings is 1. The Morgan fingerprint density at radius 1 is 1.07 bits per heavy atom. The number of halogens is 1. The van der Waals surface area contributed by atoms with Gasteiger partial charge in [0.2, 0.25) is 11.8 Å². The first-order chi connectivity index (χ1) is 20.7. The topological polar surface area (TPSA) is 99.3 Å². The summed E-state index contributed by atoms with van der Waals surface area (Å²) in [6.45, 7) is 3.38. The van der Waals surface area contributed by atoms with Crippen LogP contribution in [0.2, 0.25) is 0 Å². The van der Waals surface area contributed by atoms with Crippen molar-refractivity contribution in [3.63, 3.8) is 0 Å². The molecule has 1 aromatic heterocycles. The average molecular weight is 607 g/mol. The first-order valence-electron chi connectivity index (χ1n) is 14.2. The van der Waals surface area contributed by atoms with Crippen molar-refractivity contribution in [3.05, 3.63) is 78.2 Å². The molecular weight excluding hydrogens is 571 g/mol. The smallest absolute Gasteiger partial charge is 0.416 e. The van der Waals surface area contributed by atoms with Crippen molar-refractivity contribution in [3.8, 4) is 17.4 Å². The standard InChI is InChI=1S/C31H35FN6O4S/c1-36(2)24-19-38(20-24)23-11-14-37(15-12-23)31(40)42-29-18-25(10-13-33-29)41-27-9-8-22(17-26(27)32)34-30(43)35-28(39)16-21-6-4-3-5-7-21/h3-10,13,17-18,23-24H,11-12,14-16,19-20H2,1-2H3,(H2,34,35,39,43). The third kappa shape index (κ3) is 8.25. The molecule has 0 radical (unpaired) electrons. The van der Waals surface area contributed by atoms with Crippen molar-refractivity contribution in [2.24, 2.45) is 0 Å². The number of likely N-dealkylation sites (tertiary alicyclic amines) is 2. The average Bonchev–Trinajstić information content (AvgIpc) is 2.94. The van der Waals surface area contributed by atoms with Crippen molar-refractivity contribution < 1.29 is 23.5 Å². The van der Waals surface area contributed by atoms with Crippen molar-refractivity contribution in [2.75, 3.05) is 45.6 Å². The van der Waals surface area contributed by atoms with E-state index in [0.29, 0.717) is 30.9 Å². The molecule has 0 unspecified atom stereocenters. The lowest BCUT2D eigenvalue weighted by Crippen LogP contribution is -2.62. The fourth-order valence-electron chi connectivity index (χ4n) is 5.09. The zero-order valence-corrected chi connectivity index (χ0v) is 25.0. The van der Waals surface area contributed by atoms with Crippen molar-refractivity contribution >= 4 is 35.0 Å². The van der Waals surface area contributed by atoms with E-state index in [0.717, 1.165) is 31.5 Å². The Balaban J connectivity index is 1.09. The molecule has 2 fully saturated rings. The van der Waals surface area contributed by atoms with E-state index in [-0.39, 0.29) is 34.8 Å². The van der Waals surface area contributed by atoms with Crippen LogP contribution in [0.4, 0.5) is 14.9 Å². The molecule has 2 saturated heterocycles. The molecule has 5 rings (SSSR count). The minimum Gasteiger partial charge on any atom is -0.454 e. The van der Waals surface area contributed by atoms with Crippen LogP contribution in [0.25, 0.3) is 0 Å². The number of nitrogens with zero attached hydrogens (tertiary/aromatic N) is 4. The summed E-state index contributed by atoms with van der Waals surface area (Å²) in [4.78, 5) is 35.5. The maximum atomic E-state index is 14.9. The minimum atomic E-state index is -0.652. The number of aromatic nitrogens is 1. The fraction of sp³-hybridized carbons (Fsp3) is 0.355. The van der Waals surface area contributed by atoms with Gasteiger partial charge >= 0.3 is 6.09 Å². The summed E-state index contributed by atoms with van der Waals surface area (Å²) in [5.41, 5.74) is 1.19. The van der Waals surface area contributed by atoms with E-state index in [4.69, 9.17) is 21.7 Å². The Kier molecular flexibility index (Phi) is 9.80. The lowest BCUT2D eigenvalue weighted by molar-refractivity contribution is -0.119. The summed E-state index contributed by atoms with van der Waals surface area (Å²) in [7, 11) is 4.21. The third-order valence-corrected chi connectivity index (χ3v) is 7.84. The molecule has 0 aliphatic carbocycles. The first kappa shape index (κ1) is 30.3. The molecule has 12 heteroatoms. The highest BCUT2D eigenvalue weighted by atomic mass is 32.1. The lowest BCUT2D eigenvalue weighted by atomic mass is 9.97. The number of likely N-dealkylation sites (N-methyl/N-ethyl adjacent to an activating group) is 1. The van der Waals surface area contributed by atoms with Gasteiger partial charge in [0.25, 0.3) is 0 Å². The molecule has 0 spiro atoms. The molecule has 3 aromatic rings. The van der Waals surface area contributed by atoms with Crippen LogP contribution in [0.5, 0.6) is 17.4 Å². The summed E-state index contributed by atoms with van der Waals surface area (Å²) < 4.78 is 26.1. The zero-order chi connectivity index (χ0) is 30.3. The number of ether oxygens (including phenoxy) is 2. The van der Waals surface area contributed by atoms with Gasteiger partial charge < -0.3 is 29.9 Å². The van der Waals surface area contributed by atoms with Crippen LogP contribution in [-0.2, 0) is 11.2 Å². The monoisotopic (exact) mass is 606 g/mol. The summed E-state index contributed by atoms with van der Waals surface area (Å²) in [6.07, 6.45) is 2.94. The third-order valence-electron chi connectivity index (χ3n) is 7.64. The van der Waals surface area contributed by atoms with Gasteiger partial charge in [-0.15, -0.1) is 0 Å². The van der Waals surface area contributed by atoms with Gasteiger partial charge in [0, 0.05) is 62.3 Å². The van der Waals surface area contributed by atoms with E-state index in [1.54, 1.807) is 17.0 Å². The highest BCUT2D eigenvalue weighted by Gasteiger charge is 2.36. The lowest BCUT2D eigenvalue weighted by Gasteiger charge is -2.49. The number of pyridine rings is 1. The molecule has 2 N–H and O–H groups in total. The molecule has 0 atom stereocenters. The van der Waals surface area contributed by atoms with Crippen LogP contribution >= 0.6 is 12.2 Å². The van der Waals surface area contributed by atoms with Gasteiger partial charge in [-0.05, 0) is 62.9 Å². The van der Waals surface area contributed by atoms with Crippen molar-refractivity contribution in [2.45, 2.75) is 31.3 Å². The molecule has 43 heavy (non-hydrogen) atoms. The number of anilines is 1. The second-order valence-corrected chi connectivity index (χ2v) is 11.3. The van der Waals surface area contributed by atoms with E-state index in [1.807, 2.05) is 30.3 Å². The summed E-state index contributed by atoms with van der Waals surface area (Å²) in [5, 5.41) is 5.44. The van der Waals surface area contributed by atoms with Crippen LogP contribution in [0.15, 0.2) is 66.9 Å². The maximum absolute atomic E-state index is 14.9. The number of hydrogen-bond acceptors (Lipinski definition) is 8. The number of amides is 2. The minimum absolute atomic E-state index is 0.0439. The summed E-state index contributed by atoms with van der Waals surface area (Å²) in [5.74, 6) is -0.657. The number of benzene rings is 2. The predicted octanol–water partition coefficient (Wildman–Crippen LogP) is 4.28. The second kappa shape index (κ2) is 13.9. The van der Waals surface area contributed by atoms with Crippen molar-refractivity contribution in [1.29, 1.82) is 0 Å². The molecule has 3 heterocycles. The van der Waals surface area contributed by atoms with Gasteiger partial charge in [0.05, 0.1) is 6.42 Å². The molecule has 2 amide bonds. The van der Waals surface area contributed by atoms with Gasteiger partial charge in [0.1, 0.15) is 5.75 Å². The first-order valence-corrected chi connectivity index (χ1v) is 14.6. The van der Waals surface area contributed by atoms with E-state index in [1.165, 1.54) is 24.4 Å². The van der Waals surface area contributed by atoms with E-state index < -0.39 is 11.9 Å². The zero-order valence-electron chi connectivity index (χ0n) is 24.2. The normalized spacial score (nSPS) is 16.0. The van der Waals surface area contributed by atoms with E-state index in [9.17, 15) is 14.0 Å². The van der Waals surface area contributed by atoms with Crippen LogP contribution in [0.1, 0.15) is 18.4 Å². The number of carbonyl (C=O) groups is 2. The van der Waals surface area contributed by atoms with Crippen LogP contribution in [0, 0.1) is 5.82 Å². The molecule has 0 bridgehead atoms. The Hall–Kier alpha value is -4.13. The molecule has 2 aliphatic rings. The number of hydrogen-bond donors (Lipinski definition) is 2. The van der Waals surface area contributed by atoms with Crippen LogP contribution in [-0.4, -0.2) is 89.2 Å². The Morgan fingerprint density at radius 2 is 1.81 bits per heavy atom. The number of carbonyl (C=O) groups excluding carboxylic acids is 2. The van der Waals surface area contributed by atoms with Gasteiger partial charge in [-0.25, -0.2) is 14.2 Å². The van der Waals surface area contributed by atoms with Gasteiger partial charge in [0.15, 0.2) is 16.7 Å². The molecule has 2 aliphatic heterocycles. The molecule has 10 nitrogen and oxygen atoms in total. The van der Waals surface area contributed by atoms with Gasteiger partial charge in [-0.3, -0.25) is 9.69 Å². The molecule has 0 saturated carbocycles. The predicted molar refractivity (Wildman–Crippen MR) is 165 cm³/mol. The van der Waals surface area contributed by atoms with E-state index >= 15 is 0 Å². The van der Waals surface area contributed by atoms with Crippen molar-refractivity contribution in [1.82, 2.24) is 25.0 Å². The highest BCUT2D eigenvalue weighted by Crippen LogP contribution is 2.29. The van der Waals surface area contributed by atoms with E-state index in [2.05, 4.69) is 39.5 Å². The SMILES string of the molecule is CN(C)C1CN(C2CCN(C(=O)Oc3cc(Oc4ccc(NC(=S)NC(=O)Cc5ccccc5)cc4F)ccn3)CC2)C1. The summed E-state index contributed by atoms with van der Waals surface area (Å²) >= 11 is 5.19. The molecule has 2 aromatic carbocycles. The second-order valence-electron chi connectivity index (χ2n) is 10.9. The Morgan fingerprint density at radius 3 is 2.51 bits per heavy atom. The molecular formula is C31H35FN6O4S. The number of nitrogens with one attached hydrogen (secondary N) is 2. The largest absolute Gasteiger partial charge is 0.454 e. The maximum Gasteiger partial charge on any atom is 0.416 e. The quantitative estimate of drug-likeness (QED) is 0.364. The van der Waals surface area contributed by atoms with Gasteiger partial charge in [-0.1, -0.05) is 30.3 Å². The van der Waals surface area contributed by atoms with Crippen LogP contribution in [0.3, 0.4) is 0 Å². The number of thiocarbonyl (C=S) groups is 1. The Bertz CT molecular complexity index is 1450. The van der Waals surface area contributed by atoms with Crippen LogP contribution < -0.4 is 20.1 Å².